The van der Waals surface area contributed by atoms with Gasteiger partial charge < -0.3 is 0 Å². The van der Waals surface area contributed by atoms with Crippen molar-refractivity contribution in [2.75, 3.05) is 6.16 Å². The van der Waals surface area contributed by atoms with Crippen molar-refractivity contribution in [3.63, 3.8) is 0 Å². The number of hydrogen-bond acceptors (Lipinski definition) is 0. The summed E-state index contributed by atoms with van der Waals surface area (Å²) in [4.78, 5) is 0. The predicted octanol–water partition coefficient (Wildman–Crippen LogP) is 8.90. The first-order chi connectivity index (χ1) is 15.2. The van der Waals surface area contributed by atoms with Crippen molar-refractivity contribution in [2.45, 2.75) is 89.1 Å². The van der Waals surface area contributed by atoms with E-state index in [1.54, 1.807) is 13.8 Å². The van der Waals surface area contributed by atoms with Gasteiger partial charge >= 0.3 is 17.5 Å². The number of unbranched alkanes of at least 4 members (excludes halogenated alkanes) is 6. The zero-order chi connectivity index (χ0) is 25.6. The average molecular weight is 518 g/mol. The highest BCUT2D eigenvalue weighted by molar-refractivity contribution is 7.66. The Balaban J connectivity index is 3.52. The van der Waals surface area contributed by atoms with Crippen LogP contribution in [0.1, 0.15) is 71.6 Å². The molecule has 1 unspecified atom stereocenters. The van der Waals surface area contributed by atoms with Gasteiger partial charge in [0, 0.05) is 14.3 Å². The van der Waals surface area contributed by atoms with Crippen LogP contribution in [0, 0.1) is 29.1 Å². The summed E-state index contributed by atoms with van der Waals surface area (Å²) >= 11 is 0. The third-order valence-corrected chi connectivity index (χ3v) is 7.87. The van der Waals surface area contributed by atoms with E-state index in [2.05, 4.69) is 0 Å². The molecule has 0 spiro atoms. The molecule has 0 N–H and O–H groups in total. The standard InChI is InChI=1S/C21H26F11P/c1-3-5-7-9-11-19(27,28)20(29,30)21(31,32)33(12-10-8-6-4-2)18-16(25)14(23)13(22)15(24)17(18)26/h3-12H2,1-2H3. The van der Waals surface area contributed by atoms with Crippen molar-refractivity contribution in [1.29, 1.82) is 0 Å². The van der Waals surface area contributed by atoms with Gasteiger partial charge in [0.2, 0.25) is 5.82 Å². The van der Waals surface area contributed by atoms with E-state index >= 15 is 0 Å². The minimum absolute atomic E-state index is 0.0666. The molecule has 0 amide bonds. The quantitative estimate of drug-likeness (QED) is 0.0759. The number of rotatable bonds is 14. The second-order valence-electron chi connectivity index (χ2n) is 7.76. The van der Waals surface area contributed by atoms with E-state index in [1.165, 1.54) is 0 Å². The Kier molecular flexibility index (Phi) is 10.9. The first-order valence-corrected chi connectivity index (χ1v) is 12.1. The van der Waals surface area contributed by atoms with Gasteiger partial charge in [-0.3, -0.25) is 0 Å². The lowest BCUT2D eigenvalue weighted by Gasteiger charge is -2.38. The third-order valence-electron chi connectivity index (χ3n) is 5.21. The molecule has 1 rings (SSSR count). The second-order valence-corrected chi connectivity index (χ2v) is 10.1. The molecule has 0 nitrogen and oxygen atoms in total. The van der Waals surface area contributed by atoms with Gasteiger partial charge in [0.15, 0.2) is 23.3 Å². The van der Waals surface area contributed by atoms with Gasteiger partial charge in [0.05, 0.1) is 5.30 Å². The fourth-order valence-electron chi connectivity index (χ4n) is 3.24. The molecule has 0 aromatic heterocycles. The van der Waals surface area contributed by atoms with Crippen LogP contribution in [0.5, 0.6) is 0 Å². The van der Waals surface area contributed by atoms with E-state index in [0.29, 0.717) is 25.7 Å². The number of alkyl halides is 6. The Morgan fingerprint density at radius 3 is 1.45 bits per heavy atom. The second kappa shape index (κ2) is 12.0. The molecule has 1 aromatic rings. The molecular formula is C21H26F11P. The van der Waals surface area contributed by atoms with Crippen LogP contribution < -0.4 is 5.30 Å². The van der Waals surface area contributed by atoms with E-state index in [0.717, 1.165) is 0 Å². The molecule has 0 saturated heterocycles. The van der Waals surface area contributed by atoms with Crippen molar-refractivity contribution in [3.05, 3.63) is 29.1 Å². The summed E-state index contributed by atoms with van der Waals surface area (Å²) in [6.07, 6.45) is -1.53. The number of benzene rings is 1. The predicted molar refractivity (Wildman–Crippen MR) is 105 cm³/mol. The minimum Gasteiger partial charge on any atom is -0.203 e. The molecule has 0 saturated carbocycles. The van der Waals surface area contributed by atoms with Gasteiger partial charge in [-0.2, -0.15) is 26.3 Å². The Morgan fingerprint density at radius 2 is 1.00 bits per heavy atom. The van der Waals surface area contributed by atoms with Crippen LogP contribution in [0.4, 0.5) is 48.3 Å². The molecule has 12 heteroatoms. The summed E-state index contributed by atoms with van der Waals surface area (Å²) in [5, 5.41) is -2.15. The molecule has 0 aliphatic carbocycles. The molecular weight excluding hydrogens is 492 g/mol. The first kappa shape index (κ1) is 29.9. The topological polar surface area (TPSA) is 0 Å². The normalized spacial score (nSPS) is 14.1. The fraction of sp³-hybridized carbons (Fsp3) is 0.714. The lowest BCUT2D eigenvalue weighted by atomic mass is 10.0. The smallest absolute Gasteiger partial charge is 0.203 e. The highest BCUT2D eigenvalue weighted by Gasteiger charge is 2.73. The number of halogens is 11. The van der Waals surface area contributed by atoms with E-state index < -0.39 is 78.8 Å². The van der Waals surface area contributed by atoms with Crippen LogP contribution in [0.3, 0.4) is 0 Å². The van der Waals surface area contributed by atoms with Gasteiger partial charge in [0.25, 0.3) is 0 Å². The van der Waals surface area contributed by atoms with Gasteiger partial charge in [-0.25, -0.2) is 22.0 Å². The maximum absolute atomic E-state index is 15.0. The Labute approximate surface area is 186 Å². The molecule has 0 radical (unpaired) electrons. The monoisotopic (exact) mass is 518 g/mol. The molecule has 0 fully saturated rings. The van der Waals surface area contributed by atoms with Crippen LogP contribution in [-0.4, -0.2) is 23.7 Å². The summed E-state index contributed by atoms with van der Waals surface area (Å²) in [6.45, 7) is 3.41. The summed E-state index contributed by atoms with van der Waals surface area (Å²) in [5.41, 5.74) is -5.75. The molecule has 0 bridgehead atoms. The molecule has 0 aliphatic heterocycles. The van der Waals surface area contributed by atoms with Crippen LogP contribution in [0.25, 0.3) is 0 Å². The van der Waals surface area contributed by atoms with Crippen molar-refractivity contribution in [3.8, 4) is 0 Å². The Morgan fingerprint density at radius 1 is 0.576 bits per heavy atom. The van der Waals surface area contributed by atoms with Crippen molar-refractivity contribution < 1.29 is 48.3 Å². The zero-order valence-corrected chi connectivity index (χ0v) is 19.1. The van der Waals surface area contributed by atoms with Crippen LogP contribution in [0.2, 0.25) is 0 Å². The van der Waals surface area contributed by atoms with Gasteiger partial charge in [-0.05, 0) is 19.0 Å². The van der Waals surface area contributed by atoms with Crippen LogP contribution in [0.15, 0.2) is 0 Å². The SMILES string of the molecule is CCCCCCP(c1c(F)c(F)c(F)c(F)c1F)C(F)(F)C(F)(F)C(F)(F)CCCCCC. The summed E-state index contributed by atoms with van der Waals surface area (Å²) in [7, 11) is -4.24. The largest absolute Gasteiger partial charge is 0.376 e. The lowest BCUT2D eigenvalue weighted by Crippen LogP contribution is -2.54. The lowest BCUT2D eigenvalue weighted by molar-refractivity contribution is -0.280. The van der Waals surface area contributed by atoms with Crippen LogP contribution in [-0.2, 0) is 0 Å². The molecule has 192 valence electrons. The van der Waals surface area contributed by atoms with Crippen molar-refractivity contribution in [2.24, 2.45) is 0 Å². The van der Waals surface area contributed by atoms with Crippen LogP contribution >= 0.6 is 7.92 Å². The van der Waals surface area contributed by atoms with Gasteiger partial charge in [-0.1, -0.05) is 52.4 Å². The van der Waals surface area contributed by atoms with Gasteiger partial charge in [0.1, 0.15) is 0 Å². The molecule has 0 aliphatic rings. The summed E-state index contributed by atoms with van der Waals surface area (Å²) in [5.74, 6) is -24.6. The maximum Gasteiger partial charge on any atom is 0.376 e. The molecule has 1 aromatic carbocycles. The first-order valence-electron chi connectivity index (χ1n) is 10.6. The highest BCUT2D eigenvalue weighted by Crippen LogP contribution is 2.64. The van der Waals surface area contributed by atoms with E-state index in [9.17, 15) is 48.3 Å². The highest BCUT2D eigenvalue weighted by atomic mass is 31.1. The molecule has 0 heterocycles. The van der Waals surface area contributed by atoms with Crippen molar-refractivity contribution >= 4 is 13.2 Å². The Bertz CT molecular complexity index is 751. The van der Waals surface area contributed by atoms with E-state index in [4.69, 9.17) is 0 Å². The molecule has 1 atom stereocenters. The fourth-order valence-corrected chi connectivity index (χ4v) is 5.74. The van der Waals surface area contributed by atoms with E-state index in [-0.39, 0.29) is 19.3 Å². The maximum atomic E-state index is 15.0. The number of hydrogen-bond donors (Lipinski definition) is 0. The minimum atomic E-state index is -6.08. The Hall–Kier alpha value is -1.12. The van der Waals surface area contributed by atoms with Gasteiger partial charge in [-0.15, -0.1) is 0 Å². The third kappa shape index (κ3) is 6.31. The summed E-state index contributed by atoms with van der Waals surface area (Å²) < 4.78 is 157. The van der Waals surface area contributed by atoms with Crippen molar-refractivity contribution in [1.82, 2.24) is 0 Å². The zero-order valence-electron chi connectivity index (χ0n) is 18.2. The van der Waals surface area contributed by atoms with E-state index in [1.807, 2.05) is 0 Å². The average Bonchev–Trinajstić information content (AvgIpc) is 2.75. The molecule has 33 heavy (non-hydrogen) atoms. The summed E-state index contributed by atoms with van der Waals surface area (Å²) in [6, 6.07) is 0.